The number of anilines is 1. The van der Waals surface area contributed by atoms with Gasteiger partial charge in [0.05, 0.1) is 11.3 Å². The third-order valence-corrected chi connectivity index (χ3v) is 6.62. The molecule has 1 amide bonds. The number of hydrogen-bond donors (Lipinski definition) is 3. The minimum Gasteiger partial charge on any atom is -0.507 e. The fourth-order valence-electron chi connectivity index (χ4n) is 2.52. The summed E-state index contributed by atoms with van der Waals surface area (Å²) < 4.78 is 40.1. The molecule has 146 valence electrons. The molecule has 0 bridgehead atoms. The quantitative estimate of drug-likeness (QED) is 0.546. The van der Waals surface area contributed by atoms with Crippen LogP contribution in [0.1, 0.15) is 15.9 Å². The van der Waals surface area contributed by atoms with Crippen LogP contribution in [0.4, 0.5) is 10.1 Å². The number of sulfonamides is 1. The number of thiophene rings is 1. The highest BCUT2D eigenvalue weighted by Crippen LogP contribution is 2.25. The molecule has 28 heavy (non-hydrogen) atoms. The lowest BCUT2D eigenvalue weighted by Gasteiger charge is -2.10. The number of hydrogen-bond acceptors (Lipinski definition) is 5. The van der Waals surface area contributed by atoms with Gasteiger partial charge in [-0.2, -0.15) is 0 Å². The normalized spacial score (nSPS) is 11.2. The molecule has 0 saturated carbocycles. The molecule has 3 rings (SSSR count). The van der Waals surface area contributed by atoms with Crippen LogP contribution in [0, 0.1) is 5.82 Å². The zero-order valence-corrected chi connectivity index (χ0v) is 16.2. The van der Waals surface area contributed by atoms with Gasteiger partial charge in [-0.15, -0.1) is 11.3 Å². The fraction of sp³-hybridized carbons (Fsp3) is 0.105. The topological polar surface area (TPSA) is 95.5 Å². The van der Waals surface area contributed by atoms with Crippen LogP contribution in [-0.2, 0) is 16.4 Å². The van der Waals surface area contributed by atoms with Crippen molar-refractivity contribution in [3.8, 4) is 5.75 Å². The number of benzene rings is 2. The van der Waals surface area contributed by atoms with Crippen LogP contribution >= 0.6 is 11.3 Å². The molecular weight excluding hydrogens is 403 g/mol. The summed E-state index contributed by atoms with van der Waals surface area (Å²) in [5.41, 5.74) is 0.892. The second kappa shape index (κ2) is 8.41. The van der Waals surface area contributed by atoms with Gasteiger partial charge in [-0.05, 0) is 47.7 Å². The van der Waals surface area contributed by atoms with Crippen LogP contribution in [0.2, 0.25) is 0 Å². The molecule has 3 N–H and O–H groups in total. The summed E-state index contributed by atoms with van der Waals surface area (Å²) in [4.78, 5) is 12.2. The predicted molar refractivity (Wildman–Crippen MR) is 106 cm³/mol. The van der Waals surface area contributed by atoms with Crippen LogP contribution in [0.3, 0.4) is 0 Å². The Bertz CT molecular complexity index is 1080. The smallest absolute Gasteiger partial charge is 0.271 e. The number of amides is 1. The molecule has 0 atom stereocenters. The molecule has 0 fully saturated rings. The van der Waals surface area contributed by atoms with E-state index in [1.54, 1.807) is 23.6 Å². The van der Waals surface area contributed by atoms with Crippen molar-refractivity contribution in [2.75, 3.05) is 11.3 Å². The molecule has 2 aromatic carbocycles. The summed E-state index contributed by atoms with van der Waals surface area (Å²) in [5.74, 6) is -1.21. The number of carbonyl (C=O) groups is 1. The molecule has 1 heterocycles. The van der Waals surface area contributed by atoms with Crippen molar-refractivity contribution < 1.29 is 22.7 Å². The van der Waals surface area contributed by atoms with Crippen LogP contribution in [-0.4, -0.2) is 26.0 Å². The lowest BCUT2D eigenvalue weighted by molar-refractivity contribution is 0.0951. The number of carbonyl (C=O) groups excluding carboxylic acids is 1. The number of aromatic hydroxyl groups is 1. The molecule has 3 aromatic rings. The Kier molecular flexibility index (Phi) is 5.96. The number of halogens is 1. The monoisotopic (exact) mass is 420 g/mol. The zero-order chi connectivity index (χ0) is 20.1. The summed E-state index contributed by atoms with van der Waals surface area (Å²) in [5, 5.41) is 14.4. The maximum atomic E-state index is 13.1. The zero-order valence-electron chi connectivity index (χ0n) is 14.6. The van der Waals surface area contributed by atoms with Crippen molar-refractivity contribution >= 4 is 33.0 Å². The first-order valence-electron chi connectivity index (χ1n) is 8.27. The summed E-state index contributed by atoms with van der Waals surface area (Å²) >= 11 is 1.07. The summed E-state index contributed by atoms with van der Waals surface area (Å²) in [6, 6.07) is 13.1. The van der Waals surface area contributed by atoms with E-state index in [1.807, 2.05) is 0 Å². The standard InChI is InChI=1S/C19H17FN2O4S2/c20-14-4-1-3-13(11-14)8-9-21-19(24)16-7-6-15(12-17(16)23)22-28(25,26)18-5-2-10-27-18/h1-7,10-12,22-23H,8-9H2,(H,21,24). The molecule has 1 aromatic heterocycles. The van der Waals surface area contributed by atoms with Crippen molar-refractivity contribution in [1.29, 1.82) is 0 Å². The average molecular weight is 420 g/mol. The molecular formula is C19H17FN2O4S2. The Morgan fingerprint density at radius 1 is 1.11 bits per heavy atom. The van der Waals surface area contributed by atoms with E-state index in [0.29, 0.717) is 6.42 Å². The lowest BCUT2D eigenvalue weighted by atomic mass is 10.1. The maximum absolute atomic E-state index is 13.1. The van der Waals surface area contributed by atoms with Crippen LogP contribution in [0.5, 0.6) is 5.75 Å². The molecule has 0 aliphatic carbocycles. The van der Waals surface area contributed by atoms with Crippen molar-refractivity contribution in [2.24, 2.45) is 0 Å². The first-order valence-corrected chi connectivity index (χ1v) is 10.6. The first kappa shape index (κ1) is 19.8. The number of rotatable bonds is 7. The van der Waals surface area contributed by atoms with Crippen molar-refractivity contribution in [3.05, 3.63) is 76.9 Å². The van der Waals surface area contributed by atoms with Gasteiger partial charge in [0.2, 0.25) is 0 Å². The number of nitrogens with one attached hydrogen (secondary N) is 2. The van der Waals surface area contributed by atoms with Crippen LogP contribution in [0.15, 0.2) is 64.2 Å². The minimum absolute atomic E-state index is 0.0123. The predicted octanol–water partition coefficient (Wildman–Crippen LogP) is 3.37. The molecule has 0 aliphatic heterocycles. The summed E-state index contributed by atoms with van der Waals surface area (Å²) in [6.45, 7) is 0.258. The van der Waals surface area contributed by atoms with Crippen molar-refractivity contribution in [3.63, 3.8) is 0 Å². The van der Waals surface area contributed by atoms with Gasteiger partial charge < -0.3 is 10.4 Å². The minimum atomic E-state index is -3.74. The Labute approximate surface area is 165 Å². The van der Waals surface area contributed by atoms with Gasteiger partial charge in [-0.1, -0.05) is 18.2 Å². The SMILES string of the molecule is O=C(NCCc1cccc(F)c1)c1ccc(NS(=O)(=O)c2cccs2)cc1O. The number of phenolic OH excluding ortho intramolecular Hbond substituents is 1. The van der Waals surface area contributed by atoms with E-state index < -0.39 is 15.9 Å². The van der Waals surface area contributed by atoms with Gasteiger partial charge in [0, 0.05) is 12.6 Å². The van der Waals surface area contributed by atoms with Crippen LogP contribution in [0.25, 0.3) is 0 Å². The molecule has 0 spiro atoms. The Morgan fingerprint density at radius 2 is 1.93 bits per heavy atom. The third-order valence-electron chi connectivity index (χ3n) is 3.84. The van der Waals surface area contributed by atoms with Gasteiger partial charge in [-0.25, -0.2) is 12.8 Å². The van der Waals surface area contributed by atoms with Gasteiger partial charge in [0.25, 0.3) is 15.9 Å². The number of phenols is 1. The summed E-state index contributed by atoms with van der Waals surface area (Å²) in [7, 11) is -3.74. The Balaban J connectivity index is 1.62. The van der Waals surface area contributed by atoms with E-state index in [4.69, 9.17) is 0 Å². The Hall–Kier alpha value is -2.91. The largest absolute Gasteiger partial charge is 0.507 e. The average Bonchev–Trinajstić information content (AvgIpc) is 3.17. The Morgan fingerprint density at radius 3 is 2.61 bits per heavy atom. The summed E-state index contributed by atoms with van der Waals surface area (Å²) in [6.07, 6.45) is 0.433. The highest BCUT2D eigenvalue weighted by molar-refractivity contribution is 7.94. The second-order valence-corrected chi connectivity index (χ2v) is 8.76. The van der Waals surface area contributed by atoms with E-state index in [-0.39, 0.29) is 33.6 Å². The molecule has 9 heteroatoms. The third kappa shape index (κ3) is 4.87. The van der Waals surface area contributed by atoms with Crippen molar-refractivity contribution in [2.45, 2.75) is 10.6 Å². The van der Waals surface area contributed by atoms with Gasteiger partial charge in [-0.3, -0.25) is 9.52 Å². The highest BCUT2D eigenvalue weighted by atomic mass is 32.2. The molecule has 0 radical (unpaired) electrons. The molecule has 0 saturated heterocycles. The molecule has 6 nitrogen and oxygen atoms in total. The van der Waals surface area contributed by atoms with Crippen LogP contribution < -0.4 is 10.0 Å². The van der Waals surface area contributed by atoms with Crippen molar-refractivity contribution in [1.82, 2.24) is 5.32 Å². The van der Waals surface area contributed by atoms with Gasteiger partial charge >= 0.3 is 0 Å². The maximum Gasteiger partial charge on any atom is 0.271 e. The second-order valence-electron chi connectivity index (χ2n) is 5.91. The van der Waals surface area contributed by atoms with Gasteiger partial charge in [0.1, 0.15) is 15.8 Å². The van der Waals surface area contributed by atoms with E-state index >= 15 is 0 Å². The van der Waals surface area contributed by atoms with E-state index in [1.165, 1.54) is 36.4 Å². The fourth-order valence-corrected chi connectivity index (χ4v) is 4.56. The highest BCUT2D eigenvalue weighted by Gasteiger charge is 2.17. The molecule has 0 unspecified atom stereocenters. The first-order chi connectivity index (χ1) is 13.3. The van der Waals surface area contributed by atoms with E-state index in [0.717, 1.165) is 16.9 Å². The lowest BCUT2D eigenvalue weighted by Crippen LogP contribution is -2.25. The molecule has 0 aliphatic rings. The van der Waals surface area contributed by atoms with E-state index in [2.05, 4.69) is 10.0 Å². The van der Waals surface area contributed by atoms with Gasteiger partial charge in [0.15, 0.2) is 0 Å². The van der Waals surface area contributed by atoms with E-state index in [9.17, 15) is 22.7 Å².